The molecule has 3 aromatic rings. The second-order valence-electron chi connectivity index (χ2n) is 6.56. The summed E-state index contributed by atoms with van der Waals surface area (Å²) < 4.78 is 11.4. The van der Waals surface area contributed by atoms with Crippen LogP contribution in [0, 0.1) is 6.92 Å². The summed E-state index contributed by atoms with van der Waals surface area (Å²) in [5, 5.41) is 3.70. The second-order valence-corrected chi connectivity index (χ2v) is 6.97. The molecule has 10 heteroatoms. The number of esters is 1. The molecule has 1 unspecified atom stereocenters. The third-order valence-electron chi connectivity index (χ3n) is 4.55. The Kier molecular flexibility index (Phi) is 6.86. The Balaban J connectivity index is 2.15. The summed E-state index contributed by atoms with van der Waals surface area (Å²) >= 11 is 6.44. The number of nitrogens with zero attached hydrogens (tertiary/aromatic N) is 4. The number of anilines is 1. The van der Waals surface area contributed by atoms with E-state index in [-0.39, 0.29) is 24.0 Å². The van der Waals surface area contributed by atoms with Crippen LogP contribution in [0.3, 0.4) is 0 Å². The number of ether oxygens (including phenoxy) is 2. The van der Waals surface area contributed by atoms with Gasteiger partial charge in [-0.2, -0.15) is 0 Å². The minimum atomic E-state index is -0.756. The fourth-order valence-electron chi connectivity index (χ4n) is 2.96. The molecule has 0 saturated carbocycles. The van der Waals surface area contributed by atoms with Crippen molar-refractivity contribution in [1.29, 1.82) is 0 Å². The first kappa shape index (κ1) is 22.2. The lowest BCUT2D eigenvalue weighted by Crippen LogP contribution is -2.28. The highest BCUT2D eigenvalue weighted by Crippen LogP contribution is 2.30. The van der Waals surface area contributed by atoms with Crippen LogP contribution in [0.15, 0.2) is 41.5 Å². The van der Waals surface area contributed by atoms with Crippen LogP contribution in [0.5, 0.6) is 5.75 Å². The van der Waals surface area contributed by atoms with Gasteiger partial charge in [-0.05, 0) is 25.5 Å². The lowest BCUT2D eigenvalue weighted by Gasteiger charge is -2.23. The summed E-state index contributed by atoms with van der Waals surface area (Å²) in [6.07, 6.45) is 3.33. The molecule has 0 aliphatic rings. The van der Waals surface area contributed by atoms with Gasteiger partial charge in [0.05, 0.1) is 19.8 Å². The summed E-state index contributed by atoms with van der Waals surface area (Å²) in [6, 6.07) is 6.71. The number of hydrogen-bond donors (Lipinski definition) is 1. The molecule has 0 saturated heterocycles. The zero-order chi connectivity index (χ0) is 22.5. The number of carbonyl (C=O) groups excluding carboxylic acids is 1. The highest BCUT2D eigenvalue weighted by atomic mass is 35.5. The van der Waals surface area contributed by atoms with Crippen LogP contribution in [0.4, 0.5) is 5.95 Å². The van der Waals surface area contributed by atoms with Gasteiger partial charge < -0.3 is 14.8 Å². The Bertz CT molecular complexity index is 1150. The van der Waals surface area contributed by atoms with Gasteiger partial charge in [-0.25, -0.2) is 19.7 Å². The van der Waals surface area contributed by atoms with Crippen molar-refractivity contribution in [3.8, 4) is 5.75 Å². The molecular formula is C21H22ClN5O4. The van der Waals surface area contributed by atoms with E-state index in [0.29, 0.717) is 16.4 Å². The van der Waals surface area contributed by atoms with Crippen LogP contribution in [-0.2, 0) is 11.8 Å². The monoisotopic (exact) mass is 443 g/mol. The van der Waals surface area contributed by atoms with E-state index in [2.05, 4.69) is 20.3 Å². The molecule has 0 bridgehead atoms. The van der Waals surface area contributed by atoms with Crippen molar-refractivity contribution in [3.63, 3.8) is 0 Å². The molecule has 1 atom stereocenters. The van der Waals surface area contributed by atoms with E-state index in [9.17, 15) is 9.59 Å². The number of rotatable bonds is 7. The Morgan fingerprint density at radius 2 is 1.94 bits per heavy atom. The fraction of sp³-hybridized carbons (Fsp3) is 0.286. The number of hydrogen-bond acceptors (Lipinski definition) is 8. The lowest BCUT2D eigenvalue weighted by molar-refractivity contribution is 0.0514. The second kappa shape index (κ2) is 9.57. The van der Waals surface area contributed by atoms with Crippen molar-refractivity contribution in [2.24, 2.45) is 7.05 Å². The Morgan fingerprint density at radius 1 is 1.26 bits per heavy atom. The van der Waals surface area contributed by atoms with Gasteiger partial charge in [-0.1, -0.05) is 29.8 Å². The Labute approximate surface area is 184 Å². The minimum Gasteiger partial charge on any atom is -0.489 e. The number of aryl methyl sites for hydroxylation is 1. The molecule has 31 heavy (non-hydrogen) atoms. The quantitative estimate of drug-likeness (QED) is 0.555. The largest absolute Gasteiger partial charge is 0.489 e. The molecule has 0 aliphatic heterocycles. The molecule has 1 N–H and O–H groups in total. The highest BCUT2D eigenvalue weighted by Gasteiger charge is 2.25. The van der Waals surface area contributed by atoms with Crippen molar-refractivity contribution in [3.05, 3.63) is 74.7 Å². The van der Waals surface area contributed by atoms with Crippen molar-refractivity contribution < 1.29 is 14.3 Å². The average Bonchev–Trinajstić information content (AvgIpc) is 2.76. The number of methoxy groups -OCH3 is 1. The van der Waals surface area contributed by atoms with Crippen LogP contribution in [-0.4, -0.2) is 39.2 Å². The van der Waals surface area contributed by atoms with E-state index in [1.54, 1.807) is 32.3 Å². The number of carbonyl (C=O) groups is 1. The van der Waals surface area contributed by atoms with Gasteiger partial charge in [-0.15, -0.1) is 0 Å². The number of benzene rings is 1. The molecular weight excluding hydrogens is 422 g/mol. The van der Waals surface area contributed by atoms with Crippen LogP contribution in [0.2, 0.25) is 5.02 Å². The zero-order valence-electron chi connectivity index (χ0n) is 17.5. The molecule has 162 valence electrons. The van der Waals surface area contributed by atoms with Crippen LogP contribution >= 0.6 is 11.6 Å². The smallest absolute Gasteiger partial charge is 0.361 e. The van der Waals surface area contributed by atoms with Gasteiger partial charge in [0.1, 0.15) is 5.82 Å². The van der Waals surface area contributed by atoms with E-state index in [0.717, 1.165) is 5.56 Å². The maximum absolute atomic E-state index is 12.8. The molecule has 0 aliphatic carbocycles. The first-order valence-electron chi connectivity index (χ1n) is 9.49. The topological polar surface area (TPSA) is 108 Å². The minimum absolute atomic E-state index is 0.124. The number of halogens is 1. The molecule has 3 rings (SSSR count). The van der Waals surface area contributed by atoms with Gasteiger partial charge in [0.15, 0.2) is 5.69 Å². The van der Waals surface area contributed by atoms with E-state index in [4.69, 9.17) is 21.1 Å². The van der Waals surface area contributed by atoms with Gasteiger partial charge in [0.25, 0.3) is 5.56 Å². The maximum Gasteiger partial charge on any atom is 0.361 e. The van der Waals surface area contributed by atoms with Crippen molar-refractivity contribution >= 4 is 23.5 Å². The maximum atomic E-state index is 12.8. The molecule has 1 aromatic carbocycles. The van der Waals surface area contributed by atoms with Crippen molar-refractivity contribution in [2.45, 2.75) is 19.9 Å². The molecule has 2 heterocycles. The molecule has 0 fully saturated rings. The summed E-state index contributed by atoms with van der Waals surface area (Å²) in [7, 11) is 2.81. The third kappa shape index (κ3) is 4.66. The van der Waals surface area contributed by atoms with Gasteiger partial charge in [0.2, 0.25) is 11.7 Å². The molecule has 0 amide bonds. The summed E-state index contributed by atoms with van der Waals surface area (Å²) in [6.45, 7) is 3.57. The van der Waals surface area contributed by atoms with E-state index >= 15 is 0 Å². The van der Waals surface area contributed by atoms with E-state index in [1.807, 2.05) is 18.2 Å². The van der Waals surface area contributed by atoms with Gasteiger partial charge in [-0.3, -0.25) is 9.36 Å². The van der Waals surface area contributed by atoms with Crippen molar-refractivity contribution in [2.75, 3.05) is 19.0 Å². The molecule has 9 nitrogen and oxygen atoms in total. The number of nitrogens with one attached hydrogen (secondary N) is 1. The molecule has 2 aromatic heterocycles. The third-order valence-corrected chi connectivity index (χ3v) is 4.89. The lowest BCUT2D eigenvalue weighted by atomic mass is 10.0. The van der Waals surface area contributed by atoms with Crippen LogP contribution in [0.25, 0.3) is 0 Å². The predicted octanol–water partition coefficient (Wildman–Crippen LogP) is 2.92. The molecule has 0 radical (unpaired) electrons. The van der Waals surface area contributed by atoms with Gasteiger partial charge >= 0.3 is 5.97 Å². The predicted molar refractivity (Wildman–Crippen MR) is 116 cm³/mol. The van der Waals surface area contributed by atoms with Crippen LogP contribution in [0.1, 0.15) is 40.4 Å². The first-order chi connectivity index (χ1) is 14.9. The normalized spacial score (nSPS) is 11.6. The van der Waals surface area contributed by atoms with E-state index < -0.39 is 17.6 Å². The average molecular weight is 444 g/mol. The zero-order valence-corrected chi connectivity index (χ0v) is 18.3. The van der Waals surface area contributed by atoms with Crippen LogP contribution < -0.4 is 15.6 Å². The summed E-state index contributed by atoms with van der Waals surface area (Å²) in [5.41, 5.74) is 0.662. The SMILES string of the molecule is CCOC(=O)c1nc(NC(c2cnc(C)nc2)c2ccccc2Cl)n(C)c(=O)c1OC. The molecule has 0 spiro atoms. The number of aromatic nitrogens is 4. The highest BCUT2D eigenvalue weighted by molar-refractivity contribution is 6.31. The summed E-state index contributed by atoms with van der Waals surface area (Å²) in [5.74, 6) is -0.215. The fourth-order valence-corrected chi connectivity index (χ4v) is 3.21. The van der Waals surface area contributed by atoms with E-state index in [1.165, 1.54) is 18.7 Å². The standard InChI is InChI=1S/C21H22ClN5O4/c1-5-31-20(29)17-18(30-4)19(28)27(3)21(26-17)25-16(13-10-23-12(2)24-11-13)14-8-6-7-9-15(14)22/h6-11,16H,5H2,1-4H3,(H,25,26). The Hall–Kier alpha value is -3.46. The van der Waals surface area contributed by atoms with Gasteiger partial charge in [0, 0.05) is 30.0 Å². The summed E-state index contributed by atoms with van der Waals surface area (Å²) in [4.78, 5) is 38.0. The Morgan fingerprint density at radius 3 is 2.55 bits per heavy atom. The first-order valence-corrected chi connectivity index (χ1v) is 9.86. The van der Waals surface area contributed by atoms with Crippen molar-refractivity contribution in [1.82, 2.24) is 19.5 Å².